The summed E-state index contributed by atoms with van der Waals surface area (Å²) < 4.78 is 40.6. The van der Waals surface area contributed by atoms with Crippen molar-refractivity contribution in [3.05, 3.63) is 29.6 Å². The quantitative estimate of drug-likeness (QED) is 0.909. The summed E-state index contributed by atoms with van der Waals surface area (Å²) in [5.74, 6) is -2.55. The van der Waals surface area contributed by atoms with Gasteiger partial charge in [0.1, 0.15) is 11.5 Å². The van der Waals surface area contributed by atoms with E-state index < -0.39 is 17.5 Å². The lowest BCUT2D eigenvalue weighted by Crippen LogP contribution is -2.60. The van der Waals surface area contributed by atoms with Crippen molar-refractivity contribution >= 4 is 5.69 Å². The molecule has 2 nitrogen and oxygen atoms in total. The Morgan fingerprint density at radius 3 is 2.26 bits per heavy atom. The number of rotatable bonds is 3. The molecule has 1 aromatic rings. The second-order valence-electron chi connectivity index (χ2n) is 5.05. The Morgan fingerprint density at radius 1 is 1.16 bits per heavy atom. The molecule has 1 heterocycles. The van der Waals surface area contributed by atoms with Crippen molar-refractivity contribution in [2.75, 3.05) is 24.5 Å². The van der Waals surface area contributed by atoms with Crippen LogP contribution in [-0.2, 0) is 0 Å². The van der Waals surface area contributed by atoms with Crippen LogP contribution in [0.2, 0.25) is 0 Å². The summed E-state index contributed by atoms with van der Waals surface area (Å²) >= 11 is 0. The van der Waals surface area contributed by atoms with E-state index in [2.05, 4.69) is 19.2 Å². The van der Waals surface area contributed by atoms with Crippen LogP contribution in [0.5, 0.6) is 0 Å². The average Bonchev–Trinajstić information content (AvgIpc) is 2.37. The second-order valence-corrected chi connectivity index (χ2v) is 5.05. The van der Waals surface area contributed by atoms with E-state index in [1.165, 1.54) is 0 Å². The molecule has 5 heteroatoms. The van der Waals surface area contributed by atoms with Crippen LogP contribution in [0.1, 0.15) is 26.7 Å². The highest BCUT2D eigenvalue weighted by atomic mass is 19.1. The third kappa shape index (κ3) is 2.71. The molecule has 0 saturated carbocycles. The molecular weight excluding hydrogens is 253 g/mol. The van der Waals surface area contributed by atoms with Gasteiger partial charge < -0.3 is 10.2 Å². The Bertz CT molecular complexity index is 435. The summed E-state index contributed by atoms with van der Waals surface area (Å²) in [6.45, 7) is 5.81. The van der Waals surface area contributed by atoms with E-state index >= 15 is 0 Å². The molecule has 0 unspecified atom stereocenters. The van der Waals surface area contributed by atoms with Crippen molar-refractivity contribution in [3.8, 4) is 0 Å². The van der Waals surface area contributed by atoms with Crippen LogP contribution < -0.4 is 10.2 Å². The Balaban J connectivity index is 2.32. The number of halogens is 3. The lowest BCUT2D eigenvalue weighted by Gasteiger charge is -2.44. The molecule has 1 fully saturated rings. The number of benzene rings is 1. The molecule has 106 valence electrons. The fourth-order valence-electron chi connectivity index (χ4n) is 2.71. The SMILES string of the molecule is CCC1(CC)CN(c2c(F)cc(F)cc2F)CCN1. The summed E-state index contributed by atoms with van der Waals surface area (Å²) in [7, 11) is 0. The summed E-state index contributed by atoms with van der Waals surface area (Å²) in [4.78, 5) is 1.67. The fourth-order valence-corrected chi connectivity index (χ4v) is 2.71. The summed E-state index contributed by atoms with van der Waals surface area (Å²) in [5.41, 5.74) is -0.250. The number of nitrogens with one attached hydrogen (secondary N) is 1. The molecule has 1 saturated heterocycles. The molecule has 2 rings (SSSR count). The van der Waals surface area contributed by atoms with Crippen LogP contribution >= 0.6 is 0 Å². The molecule has 0 radical (unpaired) electrons. The molecule has 0 atom stereocenters. The second kappa shape index (κ2) is 5.41. The molecule has 0 spiro atoms. The lowest BCUT2D eigenvalue weighted by molar-refractivity contribution is 0.275. The monoisotopic (exact) mass is 272 g/mol. The van der Waals surface area contributed by atoms with Crippen LogP contribution in [0.4, 0.5) is 18.9 Å². The van der Waals surface area contributed by atoms with Gasteiger partial charge in [0.25, 0.3) is 0 Å². The Kier molecular flexibility index (Phi) is 4.04. The molecule has 0 amide bonds. The van der Waals surface area contributed by atoms with E-state index in [1.807, 2.05) is 0 Å². The molecule has 19 heavy (non-hydrogen) atoms. The van der Waals surface area contributed by atoms with E-state index in [4.69, 9.17) is 0 Å². The van der Waals surface area contributed by atoms with Crippen molar-refractivity contribution in [2.45, 2.75) is 32.2 Å². The first-order valence-electron chi connectivity index (χ1n) is 6.66. The molecule has 1 aliphatic heterocycles. The van der Waals surface area contributed by atoms with Crippen molar-refractivity contribution in [3.63, 3.8) is 0 Å². The third-order valence-corrected chi connectivity index (χ3v) is 4.03. The van der Waals surface area contributed by atoms with Crippen molar-refractivity contribution in [1.29, 1.82) is 0 Å². The molecule has 0 aromatic heterocycles. The highest BCUT2D eigenvalue weighted by Crippen LogP contribution is 2.29. The van der Waals surface area contributed by atoms with Gasteiger partial charge in [0.15, 0.2) is 11.6 Å². The maximum atomic E-state index is 13.8. The number of hydrogen-bond acceptors (Lipinski definition) is 2. The van der Waals surface area contributed by atoms with Crippen molar-refractivity contribution < 1.29 is 13.2 Å². The van der Waals surface area contributed by atoms with Gasteiger partial charge in [-0.15, -0.1) is 0 Å². The first-order chi connectivity index (χ1) is 9.01. The number of anilines is 1. The summed E-state index contributed by atoms with van der Waals surface area (Å²) in [6.07, 6.45) is 1.76. The van der Waals surface area contributed by atoms with Gasteiger partial charge in [0.2, 0.25) is 0 Å². The van der Waals surface area contributed by atoms with Crippen molar-refractivity contribution in [1.82, 2.24) is 5.32 Å². The minimum Gasteiger partial charge on any atom is -0.364 e. The lowest BCUT2D eigenvalue weighted by atomic mass is 9.90. The van der Waals surface area contributed by atoms with Gasteiger partial charge in [-0.25, -0.2) is 13.2 Å². The third-order valence-electron chi connectivity index (χ3n) is 4.03. The number of hydrogen-bond donors (Lipinski definition) is 1. The highest BCUT2D eigenvalue weighted by molar-refractivity contribution is 5.50. The zero-order valence-corrected chi connectivity index (χ0v) is 11.3. The van der Waals surface area contributed by atoms with E-state index in [-0.39, 0.29) is 11.2 Å². The smallest absolute Gasteiger partial charge is 0.152 e. The van der Waals surface area contributed by atoms with Gasteiger partial charge in [0.05, 0.1) is 0 Å². The van der Waals surface area contributed by atoms with Gasteiger partial charge in [-0.2, -0.15) is 0 Å². The molecule has 1 N–H and O–H groups in total. The average molecular weight is 272 g/mol. The first kappa shape index (κ1) is 14.2. The van der Waals surface area contributed by atoms with E-state index in [1.54, 1.807) is 4.90 Å². The van der Waals surface area contributed by atoms with Crippen LogP contribution in [-0.4, -0.2) is 25.2 Å². The largest absolute Gasteiger partial charge is 0.364 e. The van der Waals surface area contributed by atoms with Gasteiger partial charge in [-0.1, -0.05) is 13.8 Å². The Morgan fingerprint density at radius 2 is 1.74 bits per heavy atom. The number of nitrogens with zero attached hydrogens (tertiary/aromatic N) is 1. The van der Waals surface area contributed by atoms with Crippen LogP contribution in [0, 0.1) is 17.5 Å². The Labute approximate surface area is 111 Å². The maximum absolute atomic E-state index is 13.8. The summed E-state index contributed by atoms with van der Waals surface area (Å²) in [6, 6.07) is 1.47. The van der Waals surface area contributed by atoms with Gasteiger partial charge >= 0.3 is 0 Å². The van der Waals surface area contributed by atoms with Crippen LogP contribution in [0.25, 0.3) is 0 Å². The van der Waals surface area contributed by atoms with Gasteiger partial charge in [0, 0.05) is 37.3 Å². The summed E-state index contributed by atoms with van der Waals surface area (Å²) in [5, 5.41) is 3.42. The molecule has 0 aliphatic carbocycles. The van der Waals surface area contributed by atoms with E-state index in [0.717, 1.165) is 25.0 Å². The fraction of sp³-hybridized carbons (Fsp3) is 0.571. The van der Waals surface area contributed by atoms with E-state index in [0.29, 0.717) is 19.6 Å². The zero-order valence-electron chi connectivity index (χ0n) is 11.3. The molecule has 1 aliphatic rings. The zero-order chi connectivity index (χ0) is 14.0. The first-order valence-corrected chi connectivity index (χ1v) is 6.66. The maximum Gasteiger partial charge on any atom is 0.152 e. The minimum absolute atomic E-state index is 0.117. The Hall–Kier alpha value is -1.23. The normalized spacial score (nSPS) is 18.7. The minimum atomic E-state index is -0.883. The predicted octanol–water partition coefficient (Wildman–Crippen LogP) is 3.07. The van der Waals surface area contributed by atoms with Crippen LogP contribution in [0.3, 0.4) is 0 Å². The molecule has 0 bridgehead atoms. The predicted molar refractivity (Wildman–Crippen MR) is 69.8 cm³/mol. The van der Waals surface area contributed by atoms with Crippen molar-refractivity contribution in [2.24, 2.45) is 0 Å². The van der Waals surface area contributed by atoms with Gasteiger partial charge in [-0.05, 0) is 12.8 Å². The topological polar surface area (TPSA) is 15.3 Å². The number of piperazine rings is 1. The standard InChI is InChI=1S/C14H19F3N2/c1-3-14(4-2)9-19(6-5-18-14)13-11(16)7-10(15)8-12(13)17/h7-8,18H,3-6,9H2,1-2H3. The van der Waals surface area contributed by atoms with E-state index in [9.17, 15) is 13.2 Å². The van der Waals surface area contributed by atoms with Crippen LogP contribution in [0.15, 0.2) is 12.1 Å². The highest BCUT2D eigenvalue weighted by Gasteiger charge is 2.33. The molecule has 1 aromatic carbocycles. The molecular formula is C14H19F3N2. The van der Waals surface area contributed by atoms with Gasteiger partial charge in [-0.3, -0.25) is 0 Å².